The van der Waals surface area contributed by atoms with Crippen LogP contribution in [-0.4, -0.2) is 26.0 Å². The smallest absolute Gasteiger partial charge is 0.221 e. The molecule has 0 heterocycles. The standard InChI is InChI=1S/C7H16N2O/c1-4-6(8-2)5-7(10)9-3/h6,8H,4-5H2,1-3H3,(H,9,10). The number of rotatable bonds is 4. The molecule has 10 heavy (non-hydrogen) atoms. The van der Waals surface area contributed by atoms with Crippen molar-refractivity contribution in [1.29, 1.82) is 0 Å². The lowest BCUT2D eigenvalue weighted by atomic mass is 10.1. The highest BCUT2D eigenvalue weighted by molar-refractivity contribution is 5.76. The maximum absolute atomic E-state index is 10.8. The third-order valence-electron chi connectivity index (χ3n) is 1.61. The lowest BCUT2D eigenvalue weighted by Crippen LogP contribution is -2.31. The van der Waals surface area contributed by atoms with E-state index < -0.39 is 0 Å². The molecular formula is C7H16N2O. The Morgan fingerprint density at radius 3 is 2.40 bits per heavy atom. The highest BCUT2D eigenvalue weighted by Crippen LogP contribution is 1.94. The van der Waals surface area contributed by atoms with Gasteiger partial charge in [0.05, 0.1) is 0 Å². The van der Waals surface area contributed by atoms with E-state index in [2.05, 4.69) is 17.6 Å². The average molecular weight is 144 g/mol. The molecule has 3 nitrogen and oxygen atoms in total. The van der Waals surface area contributed by atoms with Gasteiger partial charge in [0.25, 0.3) is 0 Å². The van der Waals surface area contributed by atoms with Crippen LogP contribution < -0.4 is 10.6 Å². The molecule has 3 heteroatoms. The Labute approximate surface area is 62.2 Å². The van der Waals surface area contributed by atoms with Crippen LogP contribution in [0.25, 0.3) is 0 Å². The monoisotopic (exact) mass is 144 g/mol. The number of carbonyl (C=O) groups excluding carboxylic acids is 1. The molecule has 0 saturated carbocycles. The fourth-order valence-electron chi connectivity index (χ4n) is 0.776. The predicted octanol–water partition coefficient (Wildman–Crippen LogP) is 0.120. The maximum atomic E-state index is 10.8. The van der Waals surface area contributed by atoms with E-state index >= 15 is 0 Å². The van der Waals surface area contributed by atoms with Crippen molar-refractivity contribution in [3.8, 4) is 0 Å². The van der Waals surface area contributed by atoms with Crippen LogP contribution in [0.5, 0.6) is 0 Å². The summed E-state index contributed by atoms with van der Waals surface area (Å²) in [6, 6.07) is 0.319. The minimum atomic E-state index is 0.0983. The highest BCUT2D eigenvalue weighted by Gasteiger charge is 2.06. The Hall–Kier alpha value is -0.570. The number of amides is 1. The second kappa shape index (κ2) is 5.23. The Kier molecular flexibility index (Phi) is 4.94. The maximum Gasteiger partial charge on any atom is 0.221 e. The van der Waals surface area contributed by atoms with Crippen LogP contribution in [-0.2, 0) is 4.79 Å². The molecule has 0 fully saturated rings. The number of hydrogen-bond acceptors (Lipinski definition) is 2. The van der Waals surface area contributed by atoms with Gasteiger partial charge in [-0.25, -0.2) is 0 Å². The molecule has 0 radical (unpaired) electrons. The van der Waals surface area contributed by atoms with E-state index in [1.807, 2.05) is 7.05 Å². The lowest BCUT2D eigenvalue weighted by molar-refractivity contribution is -0.121. The molecule has 0 aliphatic rings. The number of carbonyl (C=O) groups is 1. The van der Waals surface area contributed by atoms with Gasteiger partial charge in [0.15, 0.2) is 0 Å². The fourth-order valence-corrected chi connectivity index (χ4v) is 0.776. The highest BCUT2D eigenvalue weighted by atomic mass is 16.1. The van der Waals surface area contributed by atoms with E-state index in [4.69, 9.17) is 0 Å². The van der Waals surface area contributed by atoms with Crippen LogP contribution in [0.3, 0.4) is 0 Å². The van der Waals surface area contributed by atoms with Gasteiger partial charge in [-0.15, -0.1) is 0 Å². The molecule has 1 amide bonds. The van der Waals surface area contributed by atoms with Gasteiger partial charge >= 0.3 is 0 Å². The summed E-state index contributed by atoms with van der Waals surface area (Å²) in [5.74, 6) is 0.0983. The van der Waals surface area contributed by atoms with Crippen molar-refractivity contribution in [2.75, 3.05) is 14.1 Å². The summed E-state index contributed by atoms with van der Waals surface area (Å²) >= 11 is 0. The normalized spacial score (nSPS) is 12.7. The van der Waals surface area contributed by atoms with Crippen LogP contribution in [0.15, 0.2) is 0 Å². The second-order valence-electron chi connectivity index (χ2n) is 2.27. The van der Waals surface area contributed by atoms with Crippen molar-refractivity contribution in [3.63, 3.8) is 0 Å². The van der Waals surface area contributed by atoms with Gasteiger partial charge in [0.1, 0.15) is 0 Å². The molecule has 0 aliphatic carbocycles. The van der Waals surface area contributed by atoms with Crippen molar-refractivity contribution in [2.24, 2.45) is 0 Å². The first-order chi connectivity index (χ1) is 4.74. The second-order valence-corrected chi connectivity index (χ2v) is 2.27. The van der Waals surface area contributed by atoms with Crippen LogP contribution >= 0.6 is 0 Å². The van der Waals surface area contributed by atoms with Gasteiger partial charge in [-0.3, -0.25) is 4.79 Å². The minimum Gasteiger partial charge on any atom is -0.359 e. The van der Waals surface area contributed by atoms with Crippen LogP contribution in [0, 0.1) is 0 Å². The summed E-state index contributed by atoms with van der Waals surface area (Å²) in [6.07, 6.45) is 1.56. The molecule has 1 unspecified atom stereocenters. The fraction of sp³-hybridized carbons (Fsp3) is 0.857. The van der Waals surface area contributed by atoms with E-state index in [1.54, 1.807) is 7.05 Å². The van der Waals surface area contributed by atoms with E-state index in [9.17, 15) is 4.79 Å². The third kappa shape index (κ3) is 3.45. The van der Waals surface area contributed by atoms with E-state index in [1.165, 1.54) is 0 Å². The molecule has 60 valence electrons. The third-order valence-corrected chi connectivity index (χ3v) is 1.61. The summed E-state index contributed by atoms with van der Waals surface area (Å²) in [5, 5.41) is 5.64. The van der Waals surface area contributed by atoms with Gasteiger partial charge in [-0.05, 0) is 13.5 Å². The lowest BCUT2D eigenvalue weighted by Gasteiger charge is -2.11. The molecule has 0 spiro atoms. The zero-order chi connectivity index (χ0) is 7.98. The van der Waals surface area contributed by atoms with E-state index in [-0.39, 0.29) is 5.91 Å². The molecule has 0 aromatic carbocycles. The van der Waals surface area contributed by atoms with Gasteiger partial charge < -0.3 is 10.6 Å². The largest absolute Gasteiger partial charge is 0.359 e. The Bertz CT molecular complexity index is 99.8. The first-order valence-corrected chi connectivity index (χ1v) is 3.62. The van der Waals surface area contributed by atoms with Crippen LogP contribution in [0.1, 0.15) is 19.8 Å². The van der Waals surface area contributed by atoms with Gasteiger partial charge in [-0.1, -0.05) is 6.92 Å². The molecule has 0 aliphatic heterocycles. The molecule has 0 aromatic heterocycles. The van der Waals surface area contributed by atoms with Crippen molar-refractivity contribution in [3.05, 3.63) is 0 Å². The van der Waals surface area contributed by atoms with E-state index in [0.717, 1.165) is 6.42 Å². The molecular weight excluding hydrogens is 128 g/mol. The average Bonchev–Trinajstić information content (AvgIpc) is 1.99. The molecule has 0 rings (SSSR count). The predicted molar refractivity (Wildman–Crippen MR) is 41.8 cm³/mol. The number of nitrogens with one attached hydrogen (secondary N) is 2. The molecule has 0 aromatic rings. The van der Waals surface area contributed by atoms with Crippen molar-refractivity contribution < 1.29 is 4.79 Å². The zero-order valence-corrected chi connectivity index (χ0v) is 6.90. The number of hydrogen-bond donors (Lipinski definition) is 2. The Balaban J connectivity index is 3.52. The van der Waals surface area contributed by atoms with E-state index in [0.29, 0.717) is 12.5 Å². The molecule has 2 N–H and O–H groups in total. The summed E-state index contributed by atoms with van der Waals surface area (Å²) < 4.78 is 0. The minimum absolute atomic E-state index is 0.0983. The van der Waals surface area contributed by atoms with Gasteiger partial charge in [0, 0.05) is 19.5 Å². The summed E-state index contributed by atoms with van der Waals surface area (Å²) in [5.41, 5.74) is 0. The molecule has 1 atom stereocenters. The van der Waals surface area contributed by atoms with Crippen LogP contribution in [0.2, 0.25) is 0 Å². The van der Waals surface area contributed by atoms with Crippen molar-refractivity contribution >= 4 is 5.91 Å². The Morgan fingerprint density at radius 1 is 1.50 bits per heavy atom. The van der Waals surface area contributed by atoms with Crippen molar-refractivity contribution in [1.82, 2.24) is 10.6 Å². The summed E-state index contributed by atoms with van der Waals surface area (Å²) in [4.78, 5) is 10.8. The SMILES string of the molecule is CCC(CC(=O)NC)NC. The first-order valence-electron chi connectivity index (χ1n) is 3.62. The Morgan fingerprint density at radius 2 is 2.10 bits per heavy atom. The summed E-state index contributed by atoms with van der Waals surface area (Å²) in [7, 11) is 3.53. The van der Waals surface area contributed by atoms with Crippen molar-refractivity contribution in [2.45, 2.75) is 25.8 Å². The zero-order valence-electron chi connectivity index (χ0n) is 6.90. The topological polar surface area (TPSA) is 41.1 Å². The quantitative estimate of drug-likeness (QED) is 0.588. The summed E-state index contributed by atoms with van der Waals surface area (Å²) in [6.45, 7) is 2.06. The first kappa shape index (κ1) is 9.43. The van der Waals surface area contributed by atoms with Gasteiger partial charge in [0.2, 0.25) is 5.91 Å². The molecule has 0 bridgehead atoms. The van der Waals surface area contributed by atoms with Crippen LogP contribution in [0.4, 0.5) is 0 Å². The molecule has 0 saturated heterocycles. The van der Waals surface area contributed by atoms with Gasteiger partial charge in [-0.2, -0.15) is 0 Å².